The molecule has 0 bridgehead atoms. The normalized spacial score (nSPS) is 14.5. The number of aromatic nitrogens is 6. The summed E-state index contributed by atoms with van der Waals surface area (Å²) < 4.78 is 14.3. The molecule has 2 aliphatic rings. The Kier molecular flexibility index (Phi) is 18.6. The molecule has 4 aromatic carbocycles. The van der Waals surface area contributed by atoms with Crippen molar-refractivity contribution in [2.75, 3.05) is 0 Å². The predicted molar refractivity (Wildman–Crippen MR) is 236 cm³/mol. The maximum Gasteiger partial charge on any atom is 2.00 e. The van der Waals surface area contributed by atoms with E-state index in [0.717, 1.165) is 23.0 Å². The molecular weight excluding hydrogens is 864 g/mol. The third kappa shape index (κ3) is 15.4. The van der Waals surface area contributed by atoms with Crippen molar-refractivity contribution < 1.29 is 45.7 Å². The van der Waals surface area contributed by atoms with E-state index in [2.05, 4.69) is 31.3 Å². The van der Waals surface area contributed by atoms with Crippen LogP contribution in [0.2, 0.25) is 0 Å². The fourth-order valence-electron chi connectivity index (χ4n) is 6.62. The summed E-state index contributed by atoms with van der Waals surface area (Å²) >= 11 is 0. The van der Waals surface area contributed by atoms with Crippen LogP contribution in [-0.4, -0.2) is 65.8 Å². The monoisotopic (exact) mass is 910 g/mol. The average Bonchev–Trinajstić information content (AvgIpc) is 4.20. The van der Waals surface area contributed by atoms with Crippen LogP contribution in [0.25, 0.3) is 0 Å². The van der Waals surface area contributed by atoms with E-state index in [9.17, 15) is 19.2 Å². The summed E-state index contributed by atoms with van der Waals surface area (Å²) in [6.45, 7) is 1.15. The molecule has 15 heteroatoms. The van der Waals surface area contributed by atoms with Crippen LogP contribution in [0.5, 0.6) is 0 Å². The van der Waals surface area contributed by atoms with Gasteiger partial charge in [-0.05, 0) is 86.8 Å². The summed E-state index contributed by atoms with van der Waals surface area (Å²) in [4.78, 5) is 51.0. The Morgan fingerprint density at radius 2 is 0.831 bits per heavy atom. The molecule has 2 heterocycles. The van der Waals surface area contributed by atoms with E-state index in [0.29, 0.717) is 48.4 Å². The van der Waals surface area contributed by atoms with E-state index in [1.807, 2.05) is 124 Å². The molecule has 0 aliphatic heterocycles. The number of hydrogen-bond acceptors (Lipinski definition) is 10. The molecule has 10 radical (unpaired) electrons. The summed E-state index contributed by atoms with van der Waals surface area (Å²) in [5, 5.41) is 21.9. The molecule has 2 amide bonds. The molecule has 2 saturated carbocycles. The van der Waals surface area contributed by atoms with Crippen molar-refractivity contribution in [3.63, 3.8) is 0 Å². The first-order valence-electron chi connectivity index (χ1n) is 20.7. The maximum absolute atomic E-state index is 12.9. The summed E-state index contributed by atoms with van der Waals surface area (Å²) in [5.41, 5.74) is 3.88. The van der Waals surface area contributed by atoms with Gasteiger partial charge in [0.1, 0.15) is 36.7 Å². The van der Waals surface area contributed by atoms with Crippen molar-refractivity contribution in [2.24, 2.45) is 0 Å². The average molecular weight is 911 g/mol. The summed E-state index contributed by atoms with van der Waals surface area (Å²) in [5.74, 6) is 0.524. The van der Waals surface area contributed by atoms with E-state index < -0.39 is 24.0 Å². The van der Waals surface area contributed by atoms with Gasteiger partial charge in [-0.2, -0.15) is 0 Å². The van der Waals surface area contributed by atoms with Crippen molar-refractivity contribution in [3.05, 3.63) is 231 Å². The molecule has 0 spiro atoms. The minimum absolute atomic E-state index is 0. The quantitative estimate of drug-likeness (QED) is 0.0825. The standard InChI is InChI=1S/2C25H23N4O3.Fe/c2*30-24(21-13-5-2-6-14-21)26-23(15-19-9-3-1-4-10-19)25(31)32-18-22-17-29(28-27-22)16-20-11-7-8-12-20;/h2*1-14,17,23H,15-16,18H2,(H,26,30);/q;;+2/t2*23-;/m00./s1. The van der Waals surface area contributed by atoms with Gasteiger partial charge in [0.15, 0.2) is 0 Å². The van der Waals surface area contributed by atoms with Gasteiger partial charge < -0.3 is 20.1 Å². The zero-order valence-electron chi connectivity index (χ0n) is 35.2. The SMILES string of the molecule is O=C(N[C@@H](Cc1ccccc1)C(=O)OCc1cn(C[C]2[CH][CH][CH][CH]2)nn1)c1ccccc1.O=C(N[C@@H](Cc1ccccc1)C(=O)OCc1cn(C[C]2[CH][CH][CH][CH]2)nn1)c1ccccc1.[Fe+2]. The fourth-order valence-corrected chi connectivity index (χ4v) is 6.62. The Balaban J connectivity index is 0.000000212. The Labute approximate surface area is 390 Å². The van der Waals surface area contributed by atoms with Gasteiger partial charge >= 0.3 is 29.0 Å². The zero-order valence-corrected chi connectivity index (χ0v) is 36.3. The molecular formula is C50H46FeN8O6+2. The molecule has 328 valence electrons. The number of amides is 2. The van der Waals surface area contributed by atoms with Crippen LogP contribution in [0.15, 0.2) is 134 Å². The molecule has 8 rings (SSSR count). The zero-order chi connectivity index (χ0) is 44.4. The van der Waals surface area contributed by atoms with Crippen molar-refractivity contribution in [1.82, 2.24) is 40.6 Å². The Morgan fingerprint density at radius 3 is 1.18 bits per heavy atom. The van der Waals surface area contributed by atoms with Crippen LogP contribution in [-0.2, 0) is 75.3 Å². The first-order chi connectivity index (χ1) is 31.3. The second-order valence-corrected chi connectivity index (χ2v) is 14.8. The van der Waals surface area contributed by atoms with Crippen LogP contribution in [0, 0.1) is 63.2 Å². The largest absolute Gasteiger partial charge is 2.00 e. The van der Waals surface area contributed by atoms with E-state index in [1.54, 1.807) is 70.3 Å². The second kappa shape index (κ2) is 25.2. The molecule has 14 nitrogen and oxygen atoms in total. The number of hydrogen-bond donors (Lipinski definition) is 2. The maximum atomic E-state index is 12.9. The van der Waals surface area contributed by atoms with Crippen molar-refractivity contribution in [3.8, 4) is 0 Å². The van der Waals surface area contributed by atoms with Crippen LogP contribution in [0.3, 0.4) is 0 Å². The number of carbonyl (C=O) groups is 4. The van der Waals surface area contributed by atoms with Gasteiger partial charge in [0.05, 0.1) is 12.4 Å². The second-order valence-electron chi connectivity index (χ2n) is 14.8. The van der Waals surface area contributed by atoms with Crippen LogP contribution >= 0.6 is 0 Å². The molecule has 0 saturated heterocycles. The molecule has 2 atom stereocenters. The Morgan fingerprint density at radius 1 is 0.492 bits per heavy atom. The van der Waals surface area contributed by atoms with Crippen LogP contribution in [0.1, 0.15) is 43.2 Å². The number of ether oxygens (including phenoxy) is 2. The number of nitrogens with zero attached hydrogens (tertiary/aromatic N) is 6. The van der Waals surface area contributed by atoms with Crippen LogP contribution < -0.4 is 10.6 Å². The van der Waals surface area contributed by atoms with Gasteiger partial charge in [0.2, 0.25) is 0 Å². The fraction of sp³-hybridized carbons (Fsp3) is 0.160. The Hall–Kier alpha value is -6.44. The molecule has 2 aromatic heterocycles. The molecule has 2 fully saturated rings. The number of benzene rings is 4. The van der Waals surface area contributed by atoms with Gasteiger partial charge in [0, 0.05) is 48.9 Å². The van der Waals surface area contributed by atoms with Gasteiger partial charge in [-0.1, -0.05) is 107 Å². The third-order valence-electron chi connectivity index (χ3n) is 9.87. The number of nitrogens with one attached hydrogen (secondary N) is 2. The summed E-state index contributed by atoms with van der Waals surface area (Å²) in [7, 11) is 0. The van der Waals surface area contributed by atoms with Crippen LogP contribution in [0.4, 0.5) is 0 Å². The molecule has 0 unspecified atom stereocenters. The molecule has 65 heavy (non-hydrogen) atoms. The number of esters is 2. The van der Waals surface area contributed by atoms with Crippen molar-refractivity contribution >= 4 is 23.8 Å². The third-order valence-corrected chi connectivity index (χ3v) is 9.87. The first-order valence-corrected chi connectivity index (χ1v) is 20.7. The van der Waals surface area contributed by atoms with E-state index in [-0.39, 0.29) is 42.1 Å². The van der Waals surface area contributed by atoms with Gasteiger partial charge in [-0.3, -0.25) is 19.0 Å². The topological polar surface area (TPSA) is 172 Å². The van der Waals surface area contributed by atoms with E-state index in [1.165, 1.54) is 0 Å². The smallest absolute Gasteiger partial charge is 0.457 e. The molecule has 6 aromatic rings. The minimum Gasteiger partial charge on any atom is -0.457 e. The molecule has 2 N–H and O–H groups in total. The van der Waals surface area contributed by atoms with E-state index in [4.69, 9.17) is 9.47 Å². The van der Waals surface area contributed by atoms with E-state index >= 15 is 0 Å². The van der Waals surface area contributed by atoms with Crippen molar-refractivity contribution in [2.45, 2.75) is 51.2 Å². The Bertz CT molecular complexity index is 2200. The van der Waals surface area contributed by atoms with Gasteiger partial charge in [0.25, 0.3) is 11.8 Å². The number of carbonyl (C=O) groups excluding carboxylic acids is 4. The molecule has 2 aliphatic carbocycles. The first kappa shape index (κ1) is 48.0. The minimum atomic E-state index is -0.829. The summed E-state index contributed by atoms with van der Waals surface area (Å²) in [6.07, 6.45) is 20.0. The summed E-state index contributed by atoms with van der Waals surface area (Å²) in [6, 6.07) is 34.9. The number of rotatable bonds is 18. The van der Waals surface area contributed by atoms with Crippen molar-refractivity contribution in [1.29, 1.82) is 0 Å². The van der Waals surface area contributed by atoms with Gasteiger partial charge in [-0.25, -0.2) is 9.59 Å². The van der Waals surface area contributed by atoms with Gasteiger partial charge in [-0.15, -0.1) is 10.2 Å². The predicted octanol–water partition coefficient (Wildman–Crippen LogP) is 5.53.